The number of ether oxygens (including phenoxy) is 2. The maximum Gasteiger partial charge on any atom is 0.331 e. The Balaban J connectivity index is 1.59. The van der Waals surface area contributed by atoms with Crippen LogP contribution >= 0.6 is 0 Å². The van der Waals surface area contributed by atoms with Gasteiger partial charge in [0.25, 0.3) is 5.91 Å². The molecule has 28 heavy (non-hydrogen) atoms. The molecule has 1 aromatic heterocycles. The molecule has 3 rings (SSSR count). The van der Waals surface area contributed by atoms with E-state index in [1.54, 1.807) is 30.3 Å². The van der Waals surface area contributed by atoms with Gasteiger partial charge >= 0.3 is 5.97 Å². The molecule has 0 saturated heterocycles. The van der Waals surface area contributed by atoms with E-state index in [4.69, 9.17) is 9.47 Å². The number of carbonyl (C=O) groups excluding carboxylic acids is 2. The topological polar surface area (TPSA) is 77.5 Å². The van der Waals surface area contributed by atoms with Gasteiger partial charge in [-0.05, 0) is 37.3 Å². The zero-order chi connectivity index (χ0) is 19.9. The Bertz CT molecular complexity index is 1030. The lowest BCUT2D eigenvalue weighted by Gasteiger charge is -2.14. The lowest BCUT2D eigenvalue weighted by molar-refractivity contribution is -0.148. The van der Waals surface area contributed by atoms with Crippen LogP contribution < -0.4 is 10.1 Å². The summed E-state index contributed by atoms with van der Waals surface area (Å²) in [5, 5.41) is 3.70. The van der Waals surface area contributed by atoms with Crippen LogP contribution in [0.5, 0.6) is 5.75 Å². The van der Waals surface area contributed by atoms with E-state index in [1.165, 1.54) is 20.1 Å². The molecule has 0 radical (unpaired) electrons. The number of aromatic nitrogens is 1. The van der Waals surface area contributed by atoms with Crippen molar-refractivity contribution in [3.05, 3.63) is 72.4 Å². The van der Waals surface area contributed by atoms with Crippen molar-refractivity contribution in [2.45, 2.75) is 13.0 Å². The van der Waals surface area contributed by atoms with Gasteiger partial charge in [-0.15, -0.1) is 0 Å². The highest BCUT2D eigenvalue weighted by Crippen LogP contribution is 2.23. The first kappa shape index (κ1) is 19.1. The van der Waals surface area contributed by atoms with E-state index in [0.717, 1.165) is 10.9 Å². The Morgan fingerprint density at radius 1 is 1.04 bits per heavy atom. The molecule has 0 aliphatic rings. The molecule has 0 bridgehead atoms. The Labute approximate surface area is 162 Å². The minimum atomic E-state index is -0.966. The number of benzene rings is 2. The second-order valence-electron chi connectivity index (χ2n) is 6.03. The van der Waals surface area contributed by atoms with Crippen molar-refractivity contribution in [3.8, 4) is 5.75 Å². The number of nitrogens with one attached hydrogen (secondary N) is 1. The van der Waals surface area contributed by atoms with Gasteiger partial charge < -0.3 is 14.8 Å². The van der Waals surface area contributed by atoms with E-state index >= 15 is 0 Å². The maximum atomic E-state index is 12.3. The Morgan fingerprint density at radius 3 is 2.61 bits per heavy atom. The van der Waals surface area contributed by atoms with Gasteiger partial charge in [0.05, 0.1) is 24.0 Å². The van der Waals surface area contributed by atoms with Crippen molar-refractivity contribution in [2.75, 3.05) is 12.4 Å². The van der Waals surface area contributed by atoms with Crippen LogP contribution in [-0.4, -0.2) is 30.1 Å². The van der Waals surface area contributed by atoms with Crippen molar-refractivity contribution < 1.29 is 19.1 Å². The van der Waals surface area contributed by atoms with E-state index in [1.807, 2.05) is 36.4 Å². The number of fused-ring (bicyclic) bond motifs is 1. The van der Waals surface area contributed by atoms with Crippen LogP contribution in [0.3, 0.4) is 0 Å². The molecule has 2 aromatic carbocycles. The SMILES string of the molecule is COc1ccccc1NC(=O)[C@@H](C)OC(=O)/C=C/c1ccc2ccccc2n1. The second-order valence-corrected chi connectivity index (χ2v) is 6.03. The summed E-state index contributed by atoms with van der Waals surface area (Å²) in [4.78, 5) is 28.7. The number of rotatable bonds is 6. The molecule has 0 fully saturated rings. The third kappa shape index (κ3) is 4.73. The van der Waals surface area contributed by atoms with E-state index in [0.29, 0.717) is 17.1 Å². The van der Waals surface area contributed by atoms with E-state index in [9.17, 15) is 9.59 Å². The van der Waals surface area contributed by atoms with Gasteiger partial charge in [-0.1, -0.05) is 36.4 Å². The fraction of sp³-hybridized carbons (Fsp3) is 0.136. The Morgan fingerprint density at radius 2 is 1.79 bits per heavy atom. The van der Waals surface area contributed by atoms with Gasteiger partial charge in [0, 0.05) is 11.5 Å². The average molecular weight is 376 g/mol. The molecule has 142 valence electrons. The number of carbonyl (C=O) groups is 2. The molecule has 1 atom stereocenters. The smallest absolute Gasteiger partial charge is 0.331 e. The number of nitrogens with zero attached hydrogens (tertiary/aromatic N) is 1. The number of anilines is 1. The summed E-state index contributed by atoms with van der Waals surface area (Å²) >= 11 is 0. The number of hydrogen-bond donors (Lipinski definition) is 1. The lowest BCUT2D eigenvalue weighted by atomic mass is 10.2. The zero-order valence-corrected chi connectivity index (χ0v) is 15.6. The molecule has 0 saturated carbocycles. The summed E-state index contributed by atoms with van der Waals surface area (Å²) in [6, 6.07) is 18.4. The molecule has 1 heterocycles. The first-order chi connectivity index (χ1) is 13.6. The van der Waals surface area contributed by atoms with Crippen LogP contribution in [-0.2, 0) is 14.3 Å². The highest BCUT2D eigenvalue weighted by Gasteiger charge is 2.18. The third-order valence-corrected chi connectivity index (χ3v) is 4.04. The van der Waals surface area contributed by atoms with E-state index in [2.05, 4.69) is 10.3 Å². The van der Waals surface area contributed by atoms with Gasteiger partial charge in [0.1, 0.15) is 5.75 Å². The number of esters is 1. The third-order valence-electron chi connectivity index (χ3n) is 4.04. The molecule has 0 aliphatic carbocycles. The Hall–Kier alpha value is -3.67. The standard InChI is InChI=1S/C22H20N2O4/c1-15(22(26)24-19-9-5-6-10-20(19)27-2)28-21(25)14-13-17-12-11-16-7-3-4-8-18(16)23-17/h3-15H,1-2H3,(H,24,26)/b14-13+/t15-/m1/s1. The average Bonchev–Trinajstić information content (AvgIpc) is 2.72. The largest absolute Gasteiger partial charge is 0.495 e. The van der Waals surface area contributed by atoms with Gasteiger partial charge in [-0.25, -0.2) is 9.78 Å². The van der Waals surface area contributed by atoms with Gasteiger partial charge in [0.15, 0.2) is 6.10 Å². The van der Waals surface area contributed by atoms with Crippen molar-refractivity contribution in [1.82, 2.24) is 4.98 Å². The monoisotopic (exact) mass is 376 g/mol. The van der Waals surface area contributed by atoms with Gasteiger partial charge in [0.2, 0.25) is 0 Å². The summed E-state index contributed by atoms with van der Waals surface area (Å²) in [5.74, 6) is -0.552. The minimum absolute atomic E-state index is 0.449. The van der Waals surface area contributed by atoms with Crippen LogP contribution in [0.1, 0.15) is 12.6 Å². The molecule has 0 spiro atoms. The normalized spacial score (nSPS) is 11.9. The molecular weight excluding hydrogens is 356 g/mol. The molecule has 6 nitrogen and oxygen atoms in total. The molecule has 3 aromatic rings. The predicted molar refractivity (Wildman–Crippen MR) is 108 cm³/mol. The molecule has 1 N–H and O–H groups in total. The summed E-state index contributed by atoms with van der Waals surface area (Å²) in [5.41, 5.74) is 1.97. The summed E-state index contributed by atoms with van der Waals surface area (Å²) in [7, 11) is 1.51. The second kappa shape index (κ2) is 8.81. The molecule has 6 heteroatoms. The lowest BCUT2D eigenvalue weighted by Crippen LogP contribution is -2.29. The van der Waals surface area contributed by atoms with Crippen LogP contribution in [0.25, 0.3) is 17.0 Å². The number of amides is 1. The first-order valence-corrected chi connectivity index (χ1v) is 8.75. The molecule has 1 amide bonds. The summed E-state index contributed by atoms with van der Waals surface area (Å²) in [6.07, 6.45) is 1.84. The van der Waals surface area contributed by atoms with Gasteiger partial charge in [-0.3, -0.25) is 4.79 Å². The van der Waals surface area contributed by atoms with E-state index in [-0.39, 0.29) is 0 Å². The highest BCUT2D eigenvalue weighted by molar-refractivity contribution is 5.97. The van der Waals surface area contributed by atoms with Crippen LogP contribution in [0.15, 0.2) is 66.7 Å². The predicted octanol–water partition coefficient (Wildman–Crippen LogP) is 3.83. The summed E-state index contributed by atoms with van der Waals surface area (Å²) < 4.78 is 10.3. The number of hydrogen-bond acceptors (Lipinski definition) is 5. The van der Waals surface area contributed by atoms with Crippen molar-refractivity contribution in [1.29, 1.82) is 0 Å². The highest BCUT2D eigenvalue weighted by atomic mass is 16.5. The quantitative estimate of drug-likeness (QED) is 0.523. The number of pyridine rings is 1. The number of para-hydroxylation sites is 3. The van der Waals surface area contributed by atoms with Crippen molar-refractivity contribution in [3.63, 3.8) is 0 Å². The van der Waals surface area contributed by atoms with E-state index < -0.39 is 18.0 Å². The minimum Gasteiger partial charge on any atom is -0.495 e. The Kier molecular flexibility index (Phi) is 6.01. The molecular formula is C22H20N2O4. The first-order valence-electron chi connectivity index (χ1n) is 8.75. The fourth-order valence-corrected chi connectivity index (χ4v) is 2.58. The van der Waals surface area contributed by atoms with Crippen molar-refractivity contribution >= 4 is 34.5 Å². The van der Waals surface area contributed by atoms with Gasteiger partial charge in [-0.2, -0.15) is 0 Å². The van der Waals surface area contributed by atoms with Crippen LogP contribution in [0, 0.1) is 0 Å². The van der Waals surface area contributed by atoms with Crippen molar-refractivity contribution in [2.24, 2.45) is 0 Å². The molecule has 0 aliphatic heterocycles. The number of methoxy groups -OCH3 is 1. The molecule has 0 unspecified atom stereocenters. The van der Waals surface area contributed by atoms with Crippen LogP contribution in [0.4, 0.5) is 5.69 Å². The fourth-order valence-electron chi connectivity index (χ4n) is 2.58. The van der Waals surface area contributed by atoms with Crippen LogP contribution in [0.2, 0.25) is 0 Å². The zero-order valence-electron chi connectivity index (χ0n) is 15.6. The summed E-state index contributed by atoms with van der Waals surface area (Å²) in [6.45, 7) is 1.50. The maximum absolute atomic E-state index is 12.3.